The highest BCUT2D eigenvalue weighted by molar-refractivity contribution is 7.98. The number of aliphatic hydroxyl groups excluding tert-OH is 1. The Morgan fingerprint density at radius 3 is 3.14 bits per heavy atom. The number of fused-ring (bicyclic) bond motifs is 1. The number of hydrogen-bond donors (Lipinski definition) is 2. The van der Waals surface area contributed by atoms with Crippen LogP contribution in [0.3, 0.4) is 0 Å². The van der Waals surface area contributed by atoms with E-state index in [2.05, 4.69) is 6.07 Å². The highest BCUT2D eigenvalue weighted by Crippen LogP contribution is 2.34. The van der Waals surface area contributed by atoms with Gasteiger partial charge in [-0.2, -0.15) is 11.8 Å². The molecule has 1 aromatic heterocycles. The van der Waals surface area contributed by atoms with Gasteiger partial charge in [0.1, 0.15) is 0 Å². The van der Waals surface area contributed by atoms with Crippen molar-refractivity contribution in [2.45, 2.75) is 24.7 Å². The van der Waals surface area contributed by atoms with Gasteiger partial charge in [0, 0.05) is 15.5 Å². The van der Waals surface area contributed by atoms with E-state index in [-0.39, 0.29) is 6.10 Å². The molecule has 4 heteroatoms. The second-order valence-corrected chi connectivity index (χ2v) is 5.77. The Morgan fingerprint density at radius 1 is 1.57 bits per heavy atom. The lowest BCUT2D eigenvalue weighted by Crippen LogP contribution is -2.05. The van der Waals surface area contributed by atoms with Crippen LogP contribution in [0.4, 0.5) is 0 Å². The lowest BCUT2D eigenvalue weighted by Gasteiger charge is -2.08. The van der Waals surface area contributed by atoms with Crippen LogP contribution in [0.15, 0.2) is 6.07 Å². The maximum absolute atomic E-state index is 9.79. The zero-order valence-corrected chi connectivity index (χ0v) is 9.66. The first kappa shape index (κ1) is 10.5. The molecule has 0 saturated carbocycles. The molecule has 78 valence electrons. The molecule has 1 unspecified atom stereocenters. The summed E-state index contributed by atoms with van der Waals surface area (Å²) >= 11 is 3.74. The molecule has 0 saturated heterocycles. The largest absolute Gasteiger partial charge is 0.388 e. The highest BCUT2D eigenvalue weighted by Gasteiger charge is 2.17. The van der Waals surface area contributed by atoms with Gasteiger partial charge in [-0.15, -0.1) is 11.3 Å². The number of aliphatic hydroxyl groups is 1. The zero-order valence-electron chi connectivity index (χ0n) is 8.03. The van der Waals surface area contributed by atoms with E-state index in [9.17, 15) is 5.11 Å². The van der Waals surface area contributed by atoms with Crippen LogP contribution in [-0.2, 0) is 12.2 Å². The van der Waals surface area contributed by atoms with Crippen molar-refractivity contribution in [2.75, 3.05) is 12.3 Å². The van der Waals surface area contributed by atoms with Gasteiger partial charge in [0.2, 0.25) is 0 Å². The molecule has 1 atom stereocenters. The van der Waals surface area contributed by atoms with Crippen LogP contribution in [0.2, 0.25) is 0 Å². The third-order valence-electron chi connectivity index (χ3n) is 2.42. The molecule has 1 aliphatic rings. The summed E-state index contributed by atoms with van der Waals surface area (Å²) in [5, 5.41) is 9.79. The van der Waals surface area contributed by atoms with E-state index >= 15 is 0 Å². The Balaban J connectivity index is 2.15. The summed E-state index contributed by atoms with van der Waals surface area (Å²) in [6, 6.07) is 2.16. The molecule has 2 rings (SSSR count). The van der Waals surface area contributed by atoms with Crippen molar-refractivity contribution in [3.63, 3.8) is 0 Å². The monoisotopic (exact) mass is 229 g/mol. The third-order valence-corrected chi connectivity index (χ3v) is 4.76. The van der Waals surface area contributed by atoms with Gasteiger partial charge in [0.25, 0.3) is 0 Å². The minimum atomic E-state index is -0.347. The van der Waals surface area contributed by atoms with Gasteiger partial charge in [0.15, 0.2) is 0 Å². The molecule has 0 aliphatic carbocycles. The molecule has 0 amide bonds. The summed E-state index contributed by atoms with van der Waals surface area (Å²) < 4.78 is 0. The normalized spacial score (nSPS) is 17.9. The summed E-state index contributed by atoms with van der Waals surface area (Å²) in [5.41, 5.74) is 6.86. The minimum absolute atomic E-state index is 0.347. The van der Waals surface area contributed by atoms with Crippen LogP contribution >= 0.6 is 23.1 Å². The first-order valence-electron chi connectivity index (χ1n) is 4.88. The maximum atomic E-state index is 9.79. The Morgan fingerprint density at radius 2 is 2.43 bits per heavy atom. The molecule has 1 aromatic rings. The highest BCUT2D eigenvalue weighted by atomic mass is 32.2. The number of hydrogen-bond acceptors (Lipinski definition) is 4. The van der Waals surface area contributed by atoms with Crippen LogP contribution in [0.25, 0.3) is 0 Å². The van der Waals surface area contributed by atoms with Gasteiger partial charge >= 0.3 is 0 Å². The van der Waals surface area contributed by atoms with Crippen LogP contribution in [-0.4, -0.2) is 17.4 Å². The molecule has 3 N–H and O–H groups in total. The number of thiophene rings is 1. The summed E-state index contributed by atoms with van der Waals surface area (Å²) in [6.45, 7) is 0.554. The van der Waals surface area contributed by atoms with Crippen molar-refractivity contribution in [3.05, 3.63) is 21.4 Å². The Kier molecular flexibility index (Phi) is 3.49. The molecule has 0 radical (unpaired) electrons. The molecule has 2 heterocycles. The molecular weight excluding hydrogens is 214 g/mol. The van der Waals surface area contributed by atoms with Crippen molar-refractivity contribution in [1.29, 1.82) is 0 Å². The van der Waals surface area contributed by atoms with Gasteiger partial charge in [-0.1, -0.05) is 0 Å². The van der Waals surface area contributed by atoms with E-state index in [0.717, 1.165) is 10.6 Å². The lowest BCUT2D eigenvalue weighted by molar-refractivity contribution is 0.174. The van der Waals surface area contributed by atoms with Crippen molar-refractivity contribution >= 4 is 23.1 Å². The van der Waals surface area contributed by atoms with E-state index in [1.807, 2.05) is 11.8 Å². The molecule has 0 aromatic carbocycles. The van der Waals surface area contributed by atoms with Crippen LogP contribution < -0.4 is 5.73 Å². The second kappa shape index (κ2) is 4.66. The summed E-state index contributed by atoms with van der Waals surface area (Å²) in [7, 11) is 0. The van der Waals surface area contributed by atoms with Gasteiger partial charge in [-0.05, 0) is 36.8 Å². The molecule has 14 heavy (non-hydrogen) atoms. The average molecular weight is 229 g/mol. The van der Waals surface area contributed by atoms with Crippen molar-refractivity contribution < 1.29 is 5.11 Å². The number of nitrogens with two attached hydrogens (primary N) is 1. The fourth-order valence-electron chi connectivity index (χ4n) is 1.63. The smallest absolute Gasteiger partial charge is 0.0894 e. The topological polar surface area (TPSA) is 46.2 Å². The van der Waals surface area contributed by atoms with Gasteiger partial charge in [-0.3, -0.25) is 0 Å². The summed E-state index contributed by atoms with van der Waals surface area (Å²) in [6.07, 6.45) is 1.49. The molecule has 0 spiro atoms. The van der Waals surface area contributed by atoms with Gasteiger partial charge in [-0.25, -0.2) is 0 Å². The predicted octanol–water partition coefficient (Wildman–Crippen LogP) is 1.92. The molecule has 0 fully saturated rings. The average Bonchev–Trinajstić information content (AvgIpc) is 2.61. The number of rotatable bonds is 3. The number of aryl methyl sites for hydroxylation is 1. The Bertz CT molecular complexity index is 288. The second-order valence-electron chi connectivity index (χ2n) is 3.49. The molecule has 0 bridgehead atoms. The molecule has 2 nitrogen and oxygen atoms in total. The maximum Gasteiger partial charge on any atom is 0.0894 e. The fraction of sp³-hybridized carbons (Fsp3) is 0.600. The van der Waals surface area contributed by atoms with E-state index in [1.165, 1.54) is 22.6 Å². The minimum Gasteiger partial charge on any atom is -0.388 e. The van der Waals surface area contributed by atoms with Crippen molar-refractivity contribution in [2.24, 2.45) is 5.73 Å². The summed E-state index contributed by atoms with van der Waals surface area (Å²) in [4.78, 5) is 2.57. The standard InChI is InChI=1S/C10H15NOS2/c11-3-1-8(12)10-5-7-6-13-4-2-9(7)14-10/h5,8,12H,1-4,6,11H2. The Labute approximate surface area is 92.5 Å². The zero-order chi connectivity index (χ0) is 9.97. The lowest BCUT2D eigenvalue weighted by atomic mass is 10.1. The van der Waals surface area contributed by atoms with E-state index in [0.29, 0.717) is 13.0 Å². The van der Waals surface area contributed by atoms with Crippen LogP contribution in [0.5, 0.6) is 0 Å². The van der Waals surface area contributed by atoms with Gasteiger partial charge < -0.3 is 10.8 Å². The number of thioether (sulfide) groups is 1. The first-order chi connectivity index (χ1) is 6.81. The fourth-order valence-corrected chi connectivity index (χ4v) is 4.03. The van der Waals surface area contributed by atoms with Crippen LogP contribution in [0.1, 0.15) is 27.8 Å². The summed E-state index contributed by atoms with van der Waals surface area (Å²) in [5.74, 6) is 2.33. The van der Waals surface area contributed by atoms with E-state index < -0.39 is 0 Å². The Hall–Kier alpha value is -0.0300. The van der Waals surface area contributed by atoms with Crippen LogP contribution in [0, 0.1) is 0 Å². The van der Waals surface area contributed by atoms with Gasteiger partial charge in [0.05, 0.1) is 6.10 Å². The molecule has 1 aliphatic heterocycles. The van der Waals surface area contributed by atoms with E-state index in [4.69, 9.17) is 5.73 Å². The SMILES string of the molecule is NCCC(O)c1cc2c(s1)CCSC2. The first-order valence-corrected chi connectivity index (χ1v) is 6.85. The third kappa shape index (κ3) is 2.14. The quantitative estimate of drug-likeness (QED) is 0.832. The predicted molar refractivity (Wildman–Crippen MR) is 62.8 cm³/mol. The van der Waals surface area contributed by atoms with Crippen molar-refractivity contribution in [1.82, 2.24) is 0 Å². The van der Waals surface area contributed by atoms with Crippen molar-refractivity contribution in [3.8, 4) is 0 Å². The molecular formula is C10H15NOS2. The van der Waals surface area contributed by atoms with E-state index in [1.54, 1.807) is 11.3 Å².